The third kappa shape index (κ3) is 3.53. The summed E-state index contributed by atoms with van der Waals surface area (Å²) in [4.78, 5) is 12.3. The summed E-state index contributed by atoms with van der Waals surface area (Å²) < 4.78 is 51.2. The highest BCUT2D eigenvalue weighted by molar-refractivity contribution is 7.92. The minimum Gasteiger partial charge on any atom is -0.352 e. The first-order chi connectivity index (χ1) is 11.2. The molecule has 5 nitrogen and oxygen atoms in total. The fourth-order valence-electron chi connectivity index (χ4n) is 3.84. The van der Waals surface area contributed by atoms with Crippen LogP contribution < -0.4 is 9.62 Å². The van der Waals surface area contributed by atoms with Crippen molar-refractivity contribution >= 4 is 21.6 Å². The second-order valence-electron chi connectivity index (χ2n) is 6.72. The molecule has 24 heavy (non-hydrogen) atoms. The van der Waals surface area contributed by atoms with E-state index in [0.717, 1.165) is 48.0 Å². The number of fused-ring (bicyclic) bond motifs is 2. The summed E-state index contributed by atoms with van der Waals surface area (Å²) in [6.07, 6.45) is 5.26. The predicted octanol–water partition coefficient (Wildman–Crippen LogP) is 2.04. The number of nitrogens with one attached hydrogen (secondary N) is 1. The van der Waals surface area contributed by atoms with Crippen molar-refractivity contribution in [2.24, 2.45) is 11.8 Å². The Kier molecular flexibility index (Phi) is 4.50. The molecule has 0 spiro atoms. The minimum absolute atomic E-state index is 0.0699. The Bertz CT molecular complexity index is 754. The largest absolute Gasteiger partial charge is 0.352 e. The van der Waals surface area contributed by atoms with Gasteiger partial charge in [0, 0.05) is 12.1 Å². The Morgan fingerprint density at radius 3 is 2.54 bits per heavy atom. The summed E-state index contributed by atoms with van der Waals surface area (Å²) in [6.45, 7) is -0.447. The molecule has 0 saturated heterocycles. The van der Waals surface area contributed by atoms with Crippen LogP contribution in [0.15, 0.2) is 18.2 Å². The molecule has 1 N–H and O–H groups in total. The number of rotatable bonds is 5. The van der Waals surface area contributed by atoms with Crippen LogP contribution in [-0.4, -0.2) is 33.2 Å². The molecule has 2 aliphatic carbocycles. The average Bonchev–Trinajstić information content (AvgIpc) is 3.09. The van der Waals surface area contributed by atoms with E-state index >= 15 is 0 Å². The average molecular weight is 358 g/mol. The molecule has 0 radical (unpaired) electrons. The number of carbonyl (C=O) groups is 1. The Morgan fingerprint density at radius 2 is 2.00 bits per heavy atom. The van der Waals surface area contributed by atoms with Gasteiger partial charge in [0.15, 0.2) is 11.6 Å². The van der Waals surface area contributed by atoms with Crippen molar-refractivity contribution < 1.29 is 22.0 Å². The van der Waals surface area contributed by atoms with Gasteiger partial charge in [-0.05, 0) is 43.2 Å². The van der Waals surface area contributed by atoms with Gasteiger partial charge in [-0.1, -0.05) is 6.42 Å². The Labute approximate surface area is 140 Å². The zero-order chi connectivity index (χ0) is 17.5. The molecule has 1 amide bonds. The van der Waals surface area contributed by atoms with Crippen LogP contribution >= 0.6 is 0 Å². The molecule has 8 heteroatoms. The SMILES string of the molecule is CS(=O)(=O)N(CC(=O)NC1CC2CCC1C2)c1ccc(F)c(F)c1. The van der Waals surface area contributed by atoms with Crippen molar-refractivity contribution in [1.82, 2.24) is 5.32 Å². The standard InChI is InChI=1S/C16H20F2N2O3S/c1-24(22,23)20(12-4-5-13(17)14(18)8-12)9-16(21)19-15-7-10-2-3-11(15)6-10/h4-5,8,10-11,15H,2-3,6-7,9H2,1H3,(H,19,21). The van der Waals surface area contributed by atoms with E-state index in [1.54, 1.807) is 0 Å². The highest BCUT2D eigenvalue weighted by Gasteiger charge is 2.40. The van der Waals surface area contributed by atoms with Crippen LogP contribution in [0.1, 0.15) is 25.7 Å². The first kappa shape index (κ1) is 17.1. The van der Waals surface area contributed by atoms with Gasteiger partial charge in [-0.25, -0.2) is 17.2 Å². The third-order valence-corrected chi connectivity index (χ3v) is 6.10. The summed E-state index contributed by atoms with van der Waals surface area (Å²) in [5.41, 5.74) is -0.0699. The van der Waals surface area contributed by atoms with Crippen molar-refractivity contribution in [2.75, 3.05) is 17.1 Å². The lowest BCUT2D eigenvalue weighted by atomic mass is 9.95. The van der Waals surface area contributed by atoms with Crippen LogP contribution in [-0.2, 0) is 14.8 Å². The molecule has 3 unspecified atom stereocenters. The fourth-order valence-corrected chi connectivity index (χ4v) is 4.69. The molecule has 2 saturated carbocycles. The van der Waals surface area contributed by atoms with E-state index in [1.165, 1.54) is 6.42 Å². The molecule has 2 aliphatic rings. The van der Waals surface area contributed by atoms with E-state index < -0.39 is 34.1 Å². The van der Waals surface area contributed by atoms with Crippen LogP contribution in [0.3, 0.4) is 0 Å². The summed E-state index contributed by atoms with van der Waals surface area (Å²) in [7, 11) is -3.80. The monoisotopic (exact) mass is 358 g/mol. The van der Waals surface area contributed by atoms with Crippen LogP contribution in [0, 0.1) is 23.5 Å². The maximum atomic E-state index is 13.4. The van der Waals surface area contributed by atoms with Crippen molar-refractivity contribution in [3.8, 4) is 0 Å². The summed E-state index contributed by atoms with van der Waals surface area (Å²) in [6, 6.07) is 2.85. The van der Waals surface area contributed by atoms with E-state index in [-0.39, 0.29) is 11.7 Å². The molecule has 1 aromatic rings. The van der Waals surface area contributed by atoms with Gasteiger partial charge in [0.25, 0.3) is 0 Å². The van der Waals surface area contributed by atoms with Gasteiger partial charge in [0.1, 0.15) is 6.54 Å². The van der Waals surface area contributed by atoms with Crippen LogP contribution in [0.25, 0.3) is 0 Å². The molecule has 3 atom stereocenters. The molecule has 0 heterocycles. The maximum absolute atomic E-state index is 13.4. The molecular weight excluding hydrogens is 338 g/mol. The first-order valence-electron chi connectivity index (χ1n) is 7.96. The second-order valence-corrected chi connectivity index (χ2v) is 8.62. The molecular formula is C16H20F2N2O3S. The Hall–Kier alpha value is -1.70. The fraction of sp³-hybridized carbons (Fsp3) is 0.562. The van der Waals surface area contributed by atoms with Crippen LogP contribution in [0.2, 0.25) is 0 Å². The lowest BCUT2D eigenvalue weighted by Gasteiger charge is -2.26. The van der Waals surface area contributed by atoms with E-state index in [9.17, 15) is 22.0 Å². The first-order valence-corrected chi connectivity index (χ1v) is 9.81. The lowest BCUT2D eigenvalue weighted by molar-refractivity contribution is -0.120. The van der Waals surface area contributed by atoms with Gasteiger partial charge >= 0.3 is 0 Å². The van der Waals surface area contributed by atoms with Crippen molar-refractivity contribution in [2.45, 2.75) is 31.7 Å². The number of benzene rings is 1. The number of anilines is 1. The minimum atomic E-state index is -3.80. The summed E-state index contributed by atoms with van der Waals surface area (Å²) >= 11 is 0. The topological polar surface area (TPSA) is 66.5 Å². The number of nitrogens with zero attached hydrogens (tertiary/aromatic N) is 1. The number of sulfonamides is 1. The van der Waals surface area contributed by atoms with Gasteiger partial charge < -0.3 is 5.32 Å². The second kappa shape index (κ2) is 6.31. The predicted molar refractivity (Wildman–Crippen MR) is 85.9 cm³/mol. The van der Waals surface area contributed by atoms with Gasteiger partial charge in [0.05, 0.1) is 11.9 Å². The quantitative estimate of drug-likeness (QED) is 0.876. The maximum Gasteiger partial charge on any atom is 0.241 e. The third-order valence-electron chi connectivity index (χ3n) is 4.96. The molecule has 2 bridgehead atoms. The van der Waals surface area contributed by atoms with E-state index in [2.05, 4.69) is 5.32 Å². The number of halogens is 2. The molecule has 0 aliphatic heterocycles. The Balaban J connectivity index is 1.72. The molecule has 3 rings (SSSR count). The normalized spacial score (nSPS) is 25.7. The number of carbonyl (C=O) groups excluding carboxylic acids is 1. The van der Waals surface area contributed by atoms with Gasteiger partial charge in [0.2, 0.25) is 15.9 Å². The molecule has 132 valence electrons. The molecule has 1 aromatic carbocycles. The van der Waals surface area contributed by atoms with E-state index in [0.29, 0.717) is 11.8 Å². The molecule has 0 aromatic heterocycles. The van der Waals surface area contributed by atoms with E-state index in [1.807, 2.05) is 0 Å². The van der Waals surface area contributed by atoms with Gasteiger partial charge in [-0.15, -0.1) is 0 Å². The molecule has 2 fully saturated rings. The van der Waals surface area contributed by atoms with Crippen molar-refractivity contribution in [3.63, 3.8) is 0 Å². The summed E-state index contributed by atoms with van der Waals surface area (Å²) in [5.74, 6) is -1.54. The van der Waals surface area contributed by atoms with Gasteiger partial charge in [-0.3, -0.25) is 9.10 Å². The zero-order valence-corrected chi connectivity index (χ0v) is 14.2. The van der Waals surface area contributed by atoms with Crippen LogP contribution in [0.4, 0.5) is 14.5 Å². The smallest absolute Gasteiger partial charge is 0.241 e. The van der Waals surface area contributed by atoms with Crippen molar-refractivity contribution in [1.29, 1.82) is 0 Å². The highest BCUT2D eigenvalue weighted by atomic mass is 32.2. The number of amides is 1. The Morgan fingerprint density at radius 1 is 1.25 bits per heavy atom. The van der Waals surface area contributed by atoms with Crippen LogP contribution in [0.5, 0.6) is 0 Å². The summed E-state index contributed by atoms with van der Waals surface area (Å²) in [5, 5.41) is 2.90. The van der Waals surface area contributed by atoms with Crippen molar-refractivity contribution in [3.05, 3.63) is 29.8 Å². The highest BCUT2D eigenvalue weighted by Crippen LogP contribution is 2.44. The lowest BCUT2D eigenvalue weighted by Crippen LogP contribution is -2.45. The van der Waals surface area contributed by atoms with Gasteiger partial charge in [-0.2, -0.15) is 0 Å². The zero-order valence-electron chi connectivity index (χ0n) is 13.3. The number of hydrogen-bond acceptors (Lipinski definition) is 3. The van der Waals surface area contributed by atoms with E-state index in [4.69, 9.17) is 0 Å². The number of hydrogen-bond donors (Lipinski definition) is 1.